The van der Waals surface area contributed by atoms with Gasteiger partial charge in [0.05, 0.1) is 6.61 Å². The highest BCUT2D eigenvalue weighted by Crippen LogP contribution is 2.00. The predicted octanol–water partition coefficient (Wildman–Crippen LogP) is 0.816. The van der Waals surface area contributed by atoms with Crippen molar-refractivity contribution in [3.8, 4) is 0 Å². The highest BCUT2D eigenvalue weighted by Gasteiger charge is 2.29. The standard InChI is InChI=1S/C8H11NO3/c1-4-6(9-3)7(10)8(11)12-5-2/h6H,4-5H2,1-2H3. The Kier molecular flexibility index (Phi) is 4.70. The van der Waals surface area contributed by atoms with E-state index in [2.05, 4.69) is 9.58 Å². The second-order valence-corrected chi connectivity index (χ2v) is 2.14. The van der Waals surface area contributed by atoms with Crippen LogP contribution in [0.4, 0.5) is 0 Å². The van der Waals surface area contributed by atoms with Crippen LogP contribution in [0.3, 0.4) is 0 Å². The number of nitrogens with zero attached hydrogens (tertiary/aromatic N) is 1. The first-order valence-corrected chi connectivity index (χ1v) is 3.74. The molecule has 0 N–H and O–H groups in total. The molecule has 0 aliphatic carbocycles. The Morgan fingerprint density at radius 1 is 1.50 bits per heavy atom. The van der Waals surface area contributed by atoms with Crippen molar-refractivity contribution in [3.05, 3.63) is 11.4 Å². The van der Waals surface area contributed by atoms with Gasteiger partial charge in [-0.2, -0.15) is 0 Å². The lowest BCUT2D eigenvalue weighted by atomic mass is 10.1. The molecule has 4 heteroatoms. The molecular weight excluding hydrogens is 158 g/mol. The minimum Gasteiger partial charge on any atom is -0.460 e. The summed E-state index contributed by atoms with van der Waals surface area (Å²) in [6.07, 6.45) is 0.348. The predicted molar refractivity (Wildman–Crippen MR) is 42.3 cm³/mol. The second-order valence-electron chi connectivity index (χ2n) is 2.14. The molecule has 0 rings (SSSR count). The third-order valence-electron chi connectivity index (χ3n) is 1.32. The van der Waals surface area contributed by atoms with Crippen LogP contribution >= 0.6 is 0 Å². The molecule has 0 radical (unpaired) electrons. The molecule has 0 bridgehead atoms. The van der Waals surface area contributed by atoms with Gasteiger partial charge in [0.1, 0.15) is 0 Å². The van der Waals surface area contributed by atoms with E-state index in [-0.39, 0.29) is 6.61 Å². The highest BCUT2D eigenvalue weighted by atomic mass is 16.5. The summed E-state index contributed by atoms with van der Waals surface area (Å²) < 4.78 is 4.46. The van der Waals surface area contributed by atoms with Crippen molar-refractivity contribution in [2.45, 2.75) is 26.3 Å². The lowest BCUT2D eigenvalue weighted by Gasteiger charge is -2.00. The fourth-order valence-corrected chi connectivity index (χ4v) is 0.674. The largest absolute Gasteiger partial charge is 0.460 e. The summed E-state index contributed by atoms with van der Waals surface area (Å²) in [4.78, 5) is 24.8. The van der Waals surface area contributed by atoms with Gasteiger partial charge in [-0.1, -0.05) is 6.92 Å². The van der Waals surface area contributed by atoms with Crippen LogP contribution in [-0.4, -0.2) is 24.4 Å². The van der Waals surface area contributed by atoms with E-state index in [1.54, 1.807) is 13.8 Å². The van der Waals surface area contributed by atoms with Gasteiger partial charge in [0.15, 0.2) is 0 Å². The van der Waals surface area contributed by atoms with Gasteiger partial charge in [-0.25, -0.2) is 11.4 Å². The zero-order chi connectivity index (χ0) is 9.56. The molecule has 0 spiro atoms. The number of ether oxygens (including phenoxy) is 1. The molecule has 66 valence electrons. The Morgan fingerprint density at radius 3 is 2.42 bits per heavy atom. The molecule has 1 atom stereocenters. The van der Waals surface area contributed by atoms with Crippen LogP contribution in [0.15, 0.2) is 0 Å². The molecule has 0 saturated carbocycles. The third-order valence-corrected chi connectivity index (χ3v) is 1.32. The van der Waals surface area contributed by atoms with E-state index in [1.165, 1.54) is 0 Å². The van der Waals surface area contributed by atoms with Gasteiger partial charge in [-0.15, -0.1) is 0 Å². The summed E-state index contributed by atoms with van der Waals surface area (Å²) in [5.41, 5.74) is 0. The first-order chi connectivity index (χ1) is 5.67. The average Bonchev–Trinajstić information content (AvgIpc) is 2.07. The van der Waals surface area contributed by atoms with Crippen molar-refractivity contribution < 1.29 is 14.3 Å². The molecule has 0 aromatic heterocycles. The van der Waals surface area contributed by atoms with Crippen molar-refractivity contribution in [2.24, 2.45) is 0 Å². The van der Waals surface area contributed by atoms with E-state index in [1.807, 2.05) is 0 Å². The van der Waals surface area contributed by atoms with Crippen LogP contribution < -0.4 is 0 Å². The van der Waals surface area contributed by atoms with Crippen LogP contribution in [0, 0.1) is 6.57 Å². The van der Waals surface area contributed by atoms with Gasteiger partial charge in [-0.05, 0) is 6.92 Å². The Balaban J connectivity index is 4.19. The topological polar surface area (TPSA) is 47.7 Å². The Hall–Kier alpha value is -1.37. The molecule has 0 amide bonds. The first kappa shape index (κ1) is 10.6. The number of Topliss-reactive ketones (excluding diaryl/α,β-unsaturated/α-hetero) is 1. The Morgan fingerprint density at radius 2 is 2.08 bits per heavy atom. The van der Waals surface area contributed by atoms with Crippen LogP contribution in [0.1, 0.15) is 20.3 Å². The van der Waals surface area contributed by atoms with E-state index < -0.39 is 17.8 Å². The zero-order valence-electron chi connectivity index (χ0n) is 7.16. The van der Waals surface area contributed by atoms with Crippen molar-refractivity contribution in [1.82, 2.24) is 0 Å². The summed E-state index contributed by atoms with van der Waals surface area (Å²) >= 11 is 0. The maximum Gasteiger partial charge on any atom is 0.383 e. The summed E-state index contributed by atoms with van der Waals surface area (Å²) in [5, 5.41) is 0. The minimum absolute atomic E-state index is 0.166. The van der Waals surface area contributed by atoms with Gasteiger partial charge in [-0.3, -0.25) is 4.79 Å². The third kappa shape index (κ3) is 2.70. The molecule has 0 aliphatic heterocycles. The number of ketones is 1. The first-order valence-electron chi connectivity index (χ1n) is 3.74. The van der Waals surface area contributed by atoms with E-state index in [9.17, 15) is 9.59 Å². The van der Waals surface area contributed by atoms with E-state index in [0.717, 1.165) is 0 Å². The summed E-state index contributed by atoms with van der Waals surface area (Å²) in [6.45, 7) is 10.1. The SMILES string of the molecule is [C-]#[N+]C(CC)C(=O)C(=O)OCC. The fourth-order valence-electron chi connectivity index (χ4n) is 0.674. The highest BCUT2D eigenvalue weighted by molar-refractivity contribution is 6.36. The fraction of sp³-hybridized carbons (Fsp3) is 0.625. The van der Waals surface area contributed by atoms with Gasteiger partial charge in [0.25, 0.3) is 6.04 Å². The normalized spacial score (nSPS) is 11.4. The number of hydrogen-bond acceptors (Lipinski definition) is 3. The minimum atomic E-state index is -0.902. The van der Waals surface area contributed by atoms with Crippen LogP contribution in [0.5, 0.6) is 0 Å². The van der Waals surface area contributed by atoms with E-state index >= 15 is 0 Å². The maximum atomic E-state index is 11.0. The van der Waals surface area contributed by atoms with Gasteiger partial charge in [0.2, 0.25) is 0 Å². The smallest absolute Gasteiger partial charge is 0.383 e. The molecule has 0 saturated heterocycles. The van der Waals surface area contributed by atoms with E-state index in [0.29, 0.717) is 6.42 Å². The second kappa shape index (κ2) is 5.30. The van der Waals surface area contributed by atoms with Gasteiger partial charge >= 0.3 is 11.8 Å². The van der Waals surface area contributed by atoms with Crippen molar-refractivity contribution in [1.29, 1.82) is 0 Å². The molecule has 0 fully saturated rings. The molecule has 1 unspecified atom stereocenters. The van der Waals surface area contributed by atoms with Crippen LogP contribution in [0.25, 0.3) is 4.85 Å². The van der Waals surface area contributed by atoms with Crippen molar-refractivity contribution in [3.63, 3.8) is 0 Å². The quantitative estimate of drug-likeness (QED) is 0.355. The maximum absolute atomic E-state index is 11.0. The van der Waals surface area contributed by atoms with E-state index in [4.69, 9.17) is 6.57 Å². The lowest BCUT2D eigenvalue weighted by Crippen LogP contribution is -2.27. The summed E-state index contributed by atoms with van der Waals surface area (Å²) in [5.74, 6) is -1.64. The Labute approximate surface area is 71.3 Å². The number of carbonyl (C=O) groups excluding carboxylic acids is 2. The Bertz CT molecular complexity index is 217. The molecule has 4 nitrogen and oxygen atoms in total. The molecule has 12 heavy (non-hydrogen) atoms. The van der Waals surface area contributed by atoms with Crippen LogP contribution in [-0.2, 0) is 14.3 Å². The summed E-state index contributed by atoms with van der Waals surface area (Å²) in [7, 11) is 0. The molecule has 0 heterocycles. The number of esters is 1. The van der Waals surface area contributed by atoms with Crippen molar-refractivity contribution in [2.75, 3.05) is 6.61 Å². The summed E-state index contributed by atoms with van der Waals surface area (Å²) in [6, 6.07) is -0.871. The molecular formula is C8H11NO3. The van der Waals surface area contributed by atoms with Gasteiger partial charge in [0, 0.05) is 6.42 Å². The number of rotatable bonds is 4. The molecule has 0 aromatic carbocycles. The molecule has 0 aromatic rings. The zero-order valence-corrected chi connectivity index (χ0v) is 7.16. The van der Waals surface area contributed by atoms with Crippen molar-refractivity contribution >= 4 is 11.8 Å². The molecule has 0 aliphatic rings. The van der Waals surface area contributed by atoms with Gasteiger partial charge < -0.3 is 9.58 Å². The number of carbonyl (C=O) groups is 2. The average molecular weight is 169 g/mol. The van der Waals surface area contributed by atoms with Crippen LogP contribution in [0.2, 0.25) is 0 Å². The monoisotopic (exact) mass is 169 g/mol. The lowest BCUT2D eigenvalue weighted by molar-refractivity contribution is -0.153. The number of hydrogen-bond donors (Lipinski definition) is 0.